The Morgan fingerprint density at radius 1 is 0.875 bits per heavy atom. The van der Waals surface area contributed by atoms with Gasteiger partial charge >= 0.3 is 0 Å². The summed E-state index contributed by atoms with van der Waals surface area (Å²) in [6, 6.07) is 0. The maximum Gasteiger partial charge on any atom is 0.243 e. The third kappa shape index (κ3) is 3.09. The van der Waals surface area contributed by atoms with Gasteiger partial charge in [0, 0.05) is 32.8 Å². The van der Waals surface area contributed by atoms with Crippen LogP contribution >= 0.6 is 0 Å². The van der Waals surface area contributed by atoms with Gasteiger partial charge in [-0.2, -0.15) is 0 Å². The predicted octanol–water partition coefficient (Wildman–Crippen LogP) is 1.04. The highest BCUT2D eigenvalue weighted by Gasteiger charge is 2.49. The topological polar surface area (TPSA) is 51.2 Å². The molecule has 1 saturated carbocycles. The molecule has 4 aliphatic rings. The highest BCUT2D eigenvalue weighted by atomic mass is 16.5. The van der Waals surface area contributed by atoms with Crippen molar-refractivity contribution in [2.75, 3.05) is 52.6 Å². The highest BCUT2D eigenvalue weighted by Crippen LogP contribution is 2.38. The summed E-state index contributed by atoms with van der Waals surface area (Å²) in [4.78, 5) is 18.0. The normalized spacial score (nSPS) is 34.6. The van der Waals surface area contributed by atoms with Gasteiger partial charge < -0.3 is 19.1 Å². The van der Waals surface area contributed by atoms with Crippen LogP contribution < -0.4 is 0 Å². The predicted molar refractivity (Wildman–Crippen MR) is 88.9 cm³/mol. The van der Waals surface area contributed by atoms with E-state index in [0.717, 1.165) is 71.4 Å². The highest BCUT2D eigenvalue weighted by molar-refractivity contribution is 5.87. The molecule has 4 rings (SSSR count). The molecule has 0 N–H and O–H groups in total. The van der Waals surface area contributed by atoms with Gasteiger partial charge in [-0.3, -0.25) is 9.69 Å². The molecule has 0 aromatic rings. The van der Waals surface area contributed by atoms with Crippen LogP contribution in [0.15, 0.2) is 0 Å². The molecular weight excluding hydrogens is 308 g/mol. The van der Waals surface area contributed by atoms with Crippen molar-refractivity contribution in [3.8, 4) is 0 Å². The van der Waals surface area contributed by atoms with E-state index in [1.807, 2.05) is 0 Å². The lowest BCUT2D eigenvalue weighted by Gasteiger charge is -2.46. The molecule has 6 heteroatoms. The van der Waals surface area contributed by atoms with E-state index in [1.54, 1.807) is 0 Å². The summed E-state index contributed by atoms with van der Waals surface area (Å²) < 4.78 is 17.2. The smallest absolute Gasteiger partial charge is 0.243 e. The van der Waals surface area contributed by atoms with Crippen molar-refractivity contribution in [3.05, 3.63) is 0 Å². The molecule has 0 unspecified atom stereocenters. The summed E-state index contributed by atoms with van der Waals surface area (Å²) in [5, 5.41) is 0. The van der Waals surface area contributed by atoms with E-state index in [2.05, 4.69) is 9.80 Å². The fourth-order valence-corrected chi connectivity index (χ4v) is 4.89. The van der Waals surface area contributed by atoms with E-state index in [4.69, 9.17) is 14.2 Å². The van der Waals surface area contributed by atoms with E-state index in [-0.39, 0.29) is 17.7 Å². The zero-order valence-corrected chi connectivity index (χ0v) is 14.6. The quantitative estimate of drug-likeness (QED) is 0.770. The van der Waals surface area contributed by atoms with E-state index < -0.39 is 0 Å². The zero-order valence-electron chi connectivity index (χ0n) is 14.6. The van der Waals surface area contributed by atoms with Crippen LogP contribution in [0.4, 0.5) is 0 Å². The van der Waals surface area contributed by atoms with Gasteiger partial charge in [-0.05, 0) is 25.7 Å². The van der Waals surface area contributed by atoms with Gasteiger partial charge in [-0.1, -0.05) is 12.8 Å². The molecule has 0 bridgehead atoms. The fraction of sp³-hybridized carbons (Fsp3) is 0.944. The van der Waals surface area contributed by atoms with Crippen molar-refractivity contribution in [2.24, 2.45) is 0 Å². The van der Waals surface area contributed by atoms with Gasteiger partial charge in [0.15, 0.2) is 0 Å². The molecule has 1 aliphatic carbocycles. The molecule has 0 aromatic heterocycles. The minimum Gasteiger partial charge on any atom is -0.379 e. The average Bonchev–Trinajstić information content (AvgIpc) is 3.34. The van der Waals surface area contributed by atoms with E-state index in [1.165, 1.54) is 0 Å². The zero-order chi connectivity index (χ0) is 16.4. The Labute approximate surface area is 144 Å². The number of carbonyl (C=O) groups excluding carboxylic acids is 1. The summed E-state index contributed by atoms with van der Waals surface area (Å²) in [7, 11) is 0. The molecule has 0 aromatic carbocycles. The minimum absolute atomic E-state index is 0.0494. The molecule has 3 aliphatic heterocycles. The van der Waals surface area contributed by atoms with Crippen LogP contribution in [0.1, 0.15) is 38.5 Å². The first-order valence-corrected chi connectivity index (χ1v) is 9.65. The van der Waals surface area contributed by atoms with Crippen LogP contribution in [0.2, 0.25) is 0 Å². The lowest BCUT2D eigenvalue weighted by Crippen LogP contribution is -2.63. The Bertz CT molecular complexity index is 440. The van der Waals surface area contributed by atoms with Crippen molar-refractivity contribution < 1.29 is 19.0 Å². The monoisotopic (exact) mass is 338 g/mol. The van der Waals surface area contributed by atoms with Crippen molar-refractivity contribution >= 4 is 5.91 Å². The first-order valence-electron chi connectivity index (χ1n) is 9.65. The number of rotatable bonds is 3. The molecule has 1 amide bonds. The number of morpholine rings is 2. The second kappa shape index (κ2) is 7.28. The summed E-state index contributed by atoms with van der Waals surface area (Å²) in [5.74, 6) is 0.327. The number of ether oxygens (including phenoxy) is 3. The maximum atomic E-state index is 13.5. The van der Waals surface area contributed by atoms with Crippen LogP contribution in [0, 0.1) is 0 Å². The van der Waals surface area contributed by atoms with Crippen molar-refractivity contribution in [2.45, 2.75) is 56.3 Å². The van der Waals surface area contributed by atoms with Crippen LogP contribution in [0.5, 0.6) is 0 Å². The first-order chi connectivity index (χ1) is 11.8. The van der Waals surface area contributed by atoms with Crippen LogP contribution in [0.25, 0.3) is 0 Å². The van der Waals surface area contributed by atoms with Crippen molar-refractivity contribution in [1.29, 1.82) is 0 Å². The molecule has 3 saturated heterocycles. The van der Waals surface area contributed by atoms with Gasteiger partial charge in [0.05, 0.1) is 25.9 Å². The Hall–Kier alpha value is -0.690. The number of hydrogen-bond acceptors (Lipinski definition) is 5. The molecule has 0 spiro atoms. The van der Waals surface area contributed by atoms with Crippen LogP contribution in [-0.4, -0.2) is 86.1 Å². The van der Waals surface area contributed by atoms with Crippen molar-refractivity contribution in [1.82, 2.24) is 9.80 Å². The summed E-state index contributed by atoms with van der Waals surface area (Å²) in [6.07, 6.45) is 6.68. The first kappa shape index (κ1) is 16.8. The lowest BCUT2D eigenvalue weighted by molar-refractivity contribution is -0.159. The molecule has 0 radical (unpaired) electrons. The van der Waals surface area contributed by atoms with Gasteiger partial charge in [0.2, 0.25) is 5.91 Å². The Kier molecular flexibility index (Phi) is 5.08. The molecule has 136 valence electrons. The fourth-order valence-electron chi connectivity index (χ4n) is 4.89. The third-order valence-electron chi connectivity index (χ3n) is 6.21. The third-order valence-corrected chi connectivity index (χ3v) is 6.21. The Morgan fingerprint density at radius 2 is 1.62 bits per heavy atom. The number of nitrogens with zero attached hydrogens (tertiary/aromatic N) is 2. The molecule has 3 heterocycles. The van der Waals surface area contributed by atoms with Gasteiger partial charge in [-0.15, -0.1) is 0 Å². The van der Waals surface area contributed by atoms with Gasteiger partial charge in [0.25, 0.3) is 0 Å². The number of carbonyl (C=O) groups is 1. The largest absolute Gasteiger partial charge is 0.379 e. The molecule has 24 heavy (non-hydrogen) atoms. The van der Waals surface area contributed by atoms with E-state index in [9.17, 15) is 4.79 Å². The molecule has 4 fully saturated rings. The van der Waals surface area contributed by atoms with E-state index in [0.29, 0.717) is 25.6 Å². The summed E-state index contributed by atoms with van der Waals surface area (Å²) in [6.45, 7) is 6.12. The molecule has 2 atom stereocenters. The minimum atomic E-state index is -0.289. The van der Waals surface area contributed by atoms with Crippen molar-refractivity contribution in [3.63, 3.8) is 0 Å². The summed E-state index contributed by atoms with van der Waals surface area (Å²) >= 11 is 0. The standard InChI is InChI=1S/C18H30N2O4/c21-17(18(5-1-2-6-18)20-8-11-22-12-9-20)19-7-13-24-16(14-19)15-4-3-10-23-15/h15-16H,1-14H2/t15-,16+/m1/s1. The Balaban J connectivity index is 1.47. The summed E-state index contributed by atoms with van der Waals surface area (Å²) in [5.41, 5.74) is -0.289. The second-order valence-corrected chi connectivity index (χ2v) is 7.55. The van der Waals surface area contributed by atoms with Crippen LogP contribution in [-0.2, 0) is 19.0 Å². The Morgan fingerprint density at radius 3 is 2.33 bits per heavy atom. The average molecular weight is 338 g/mol. The second-order valence-electron chi connectivity index (χ2n) is 7.55. The van der Waals surface area contributed by atoms with Gasteiger partial charge in [-0.25, -0.2) is 0 Å². The molecule has 6 nitrogen and oxygen atoms in total. The maximum absolute atomic E-state index is 13.5. The van der Waals surface area contributed by atoms with Crippen LogP contribution in [0.3, 0.4) is 0 Å². The lowest BCUT2D eigenvalue weighted by atomic mass is 9.91. The SMILES string of the molecule is O=C(N1CCO[C@H]([C@H]2CCCO2)C1)C1(N2CCOCC2)CCCC1. The van der Waals surface area contributed by atoms with Gasteiger partial charge in [0.1, 0.15) is 11.6 Å². The molecular formula is C18H30N2O4. The number of amides is 1. The van der Waals surface area contributed by atoms with E-state index >= 15 is 0 Å². The number of hydrogen-bond donors (Lipinski definition) is 0.